The lowest BCUT2D eigenvalue weighted by molar-refractivity contribution is 0.0322. The number of anilines is 1. The Labute approximate surface area is 217 Å². The molecular weight excluding hydrogens is 471 g/mol. The number of nitrogens with zero attached hydrogens (tertiary/aromatic N) is 5. The van der Waals surface area contributed by atoms with E-state index in [9.17, 15) is 9.65 Å². The van der Waals surface area contributed by atoms with Crippen molar-refractivity contribution >= 4 is 16.9 Å². The summed E-state index contributed by atoms with van der Waals surface area (Å²) in [6, 6.07) is 10.4. The van der Waals surface area contributed by atoms with E-state index in [2.05, 4.69) is 26.2 Å². The summed E-state index contributed by atoms with van der Waals surface area (Å²) >= 11 is 0. The van der Waals surface area contributed by atoms with Crippen LogP contribution in [0.2, 0.25) is 0 Å². The molecule has 1 N–H and O–H groups in total. The van der Waals surface area contributed by atoms with Gasteiger partial charge in [-0.25, -0.2) is 9.37 Å². The molecule has 0 bridgehead atoms. The molecule has 2 fully saturated rings. The molecule has 0 unspecified atom stereocenters. The minimum atomic E-state index is -0.359. The number of hydrogen-bond donors (Lipinski definition) is 1. The van der Waals surface area contributed by atoms with Crippen molar-refractivity contribution in [2.24, 2.45) is 0 Å². The summed E-state index contributed by atoms with van der Waals surface area (Å²) in [7, 11) is 0. The summed E-state index contributed by atoms with van der Waals surface area (Å²) in [5.74, 6) is 1.08. The molecule has 2 aliphatic heterocycles. The zero-order valence-corrected chi connectivity index (χ0v) is 21.5. The van der Waals surface area contributed by atoms with Crippen LogP contribution in [-0.4, -0.2) is 78.3 Å². The van der Waals surface area contributed by atoms with Crippen LogP contribution in [-0.2, 0) is 4.74 Å². The van der Waals surface area contributed by atoms with E-state index in [1.165, 1.54) is 12.1 Å². The lowest BCUT2D eigenvalue weighted by atomic mass is 10.1. The van der Waals surface area contributed by atoms with Crippen LogP contribution in [0, 0.1) is 31.0 Å². The van der Waals surface area contributed by atoms with Crippen LogP contribution in [0.5, 0.6) is 11.6 Å². The lowest BCUT2D eigenvalue weighted by Crippen LogP contribution is -2.45. The highest BCUT2D eigenvalue weighted by Crippen LogP contribution is 2.33. The van der Waals surface area contributed by atoms with Gasteiger partial charge in [-0.1, -0.05) is 0 Å². The maximum atomic E-state index is 14.1. The Hall–Kier alpha value is -3.32. The number of rotatable bonds is 7. The number of benzene rings is 2. The number of aryl methyl sites for hydroxylation is 2. The summed E-state index contributed by atoms with van der Waals surface area (Å²) in [4.78, 5) is 14.3. The third-order valence-electron chi connectivity index (χ3n) is 7.17. The number of morpholine rings is 1. The SMILES string of the molecule is Cc1cc(C#N)cc(C)c1Oc1nc(NC2CCN(CCN3CCOCC3)CC2)nc2cc(F)ccc12. The molecule has 0 radical (unpaired) electrons. The molecule has 8 nitrogen and oxygen atoms in total. The van der Waals surface area contributed by atoms with E-state index >= 15 is 0 Å². The quantitative estimate of drug-likeness (QED) is 0.511. The Morgan fingerprint density at radius 1 is 1.03 bits per heavy atom. The Bertz CT molecular complexity index is 1270. The molecule has 194 valence electrons. The average Bonchev–Trinajstić information content (AvgIpc) is 2.90. The molecule has 0 spiro atoms. The molecule has 1 aromatic heterocycles. The molecule has 9 heteroatoms. The van der Waals surface area contributed by atoms with Crippen LogP contribution in [0.4, 0.5) is 10.3 Å². The van der Waals surface area contributed by atoms with Gasteiger partial charge >= 0.3 is 0 Å². The van der Waals surface area contributed by atoms with Gasteiger partial charge in [-0.15, -0.1) is 0 Å². The van der Waals surface area contributed by atoms with E-state index in [-0.39, 0.29) is 11.9 Å². The first-order valence-electron chi connectivity index (χ1n) is 12.9. The third-order valence-corrected chi connectivity index (χ3v) is 7.17. The summed E-state index contributed by atoms with van der Waals surface area (Å²) in [6.45, 7) is 11.7. The van der Waals surface area contributed by atoms with Crippen LogP contribution in [0.15, 0.2) is 30.3 Å². The number of likely N-dealkylation sites (tertiary alicyclic amines) is 1. The highest BCUT2D eigenvalue weighted by molar-refractivity contribution is 5.85. The molecule has 5 rings (SSSR count). The first kappa shape index (κ1) is 25.3. The molecule has 0 aliphatic carbocycles. The predicted molar refractivity (Wildman–Crippen MR) is 141 cm³/mol. The van der Waals surface area contributed by atoms with Gasteiger partial charge in [0.15, 0.2) is 0 Å². The van der Waals surface area contributed by atoms with Gasteiger partial charge < -0.3 is 19.7 Å². The fourth-order valence-electron chi connectivity index (χ4n) is 5.08. The number of nitrogens with one attached hydrogen (secondary N) is 1. The number of halogens is 1. The van der Waals surface area contributed by atoms with Crippen LogP contribution >= 0.6 is 0 Å². The first-order chi connectivity index (χ1) is 18.0. The Kier molecular flexibility index (Phi) is 7.79. The molecule has 0 atom stereocenters. The van der Waals surface area contributed by atoms with Gasteiger partial charge in [0.1, 0.15) is 11.6 Å². The summed E-state index contributed by atoms with van der Waals surface area (Å²) in [5.41, 5.74) is 2.74. The van der Waals surface area contributed by atoms with Gasteiger partial charge in [-0.3, -0.25) is 4.90 Å². The molecule has 3 aromatic rings. The Morgan fingerprint density at radius 3 is 2.38 bits per heavy atom. The van der Waals surface area contributed by atoms with Crippen molar-refractivity contribution in [1.82, 2.24) is 19.8 Å². The monoisotopic (exact) mass is 504 g/mol. The van der Waals surface area contributed by atoms with Crippen molar-refractivity contribution in [3.63, 3.8) is 0 Å². The van der Waals surface area contributed by atoms with Gasteiger partial charge in [0.25, 0.3) is 0 Å². The van der Waals surface area contributed by atoms with Gasteiger partial charge in [-0.05, 0) is 62.1 Å². The van der Waals surface area contributed by atoms with Crippen molar-refractivity contribution in [2.75, 3.05) is 57.8 Å². The molecule has 3 heterocycles. The average molecular weight is 505 g/mol. The minimum absolute atomic E-state index is 0.233. The Balaban J connectivity index is 1.29. The van der Waals surface area contributed by atoms with E-state index < -0.39 is 0 Å². The van der Waals surface area contributed by atoms with E-state index in [0.29, 0.717) is 34.0 Å². The Morgan fingerprint density at radius 2 is 1.70 bits per heavy atom. The van der Waals surface area contributed by atoms with Crippen molar-refractivity contribution in [3.05, 3.63) is 52.8 Å². The van der Waals surface area contributed by atoms with E-state index in [1.54, 1.807) is 18.2 Å². The van der Waals surface area contributed by atoms with E-state index in [4.69, 9.17) is 14.5 Å². The minimum Gasteiger partial charge on any atom is -0.438 e. The first-order valence-corrected chi connectivity index (χ1v) is 12.9. The van der Waals surface area contributed by atoms with E-state index in [1.807, 2.05) is 13.8 Å². The maximum absolute atomic E-state index is 14.1. The number of nitriles is 1. The number of hydrogen-bond acceptors (Lipinski definition) is 8. The summed E-state index contributed by atoms with van der Waals surface area (Å²) in [5, 5.41) is 13.4. The third kappa shape index (κ3) is 6.16. The van der Waals surface area contributed by atoms with E-state index in [0.717, 1.165) is 76.5 Å². The van der Waals surface area contributed by atoms with Gasteiger partial charge in [0.2, 0.25) is 11.8 Å². The summed E-state index contributed by atoms with van der Waals surface area (Å²) < 4.78 is 25.8. The molecule has 2 aromatic carbocycles. The van der Waals surface area contributed by atoms with Crippen molar-refractivity contribution in [2.45, 2.75) is 32.7 Å². The number of piperidine rings is 1. The number of fused-ring (bicyclic) bond motifs is 1. The van der Waals surface area contributed by atoms with Crippen LogP contribution < -0.4 is 10.1 Å². The zero-order valence-electron chi connectivity index (χ0n) is 21.5. The van der Waals surface area contributed by atoms with Crippen LogP contribution in [0.3, 0.4) is 0 Å². The van der Waals surface area contributed by atoms with Gasteiger partial charge in [0, 0.05) is 51.4 Å². The zero-order chi connectivity index (χ0) is 25.8. The second-order valence-corrected chi connectivity index (χ2v) is 9.88. The standard InChI is InChI=1S/C28H33FN6O2/c1-19-15-21(18-30)16-20(2)26(19)37-27-24-4-3-22(29)17-25(24)32-28(33-27)31-23-5-7-34(8-6-23)9-10-35-11-13-36-14-12-35/h3-4,15-17,23H,5-14H2,1-2H3,(H,31,32,33). The molecular formula is C28H33FN6O2. The highest BCUT2D eigenvalue weighted by Gasteiger charge is 2.22. The van der Waals surface area contributed by atoms with Gasteiger partial charge in [0.05, 0.1) is 35.7 Å². The second-order valence-electron chi connectivity index (χ2n) is 9.88. The summed E-state index contributed by atoms with van der Waals surface area (Å²) in [6.07, 6.45) is 1.97. The normalized spacial score (nSPS) is 17.6. The van der Waals surface area contributed by atoms with Crippen molar-refractivity contribution in [1.29, 1.82) is 5.26 Å². The predicted octanol–water partition coefficient (Wildman–Crippen LogP) is 4.26. The van der Waals surface area contributed by atoms with Crippen LogP contribution in [0.25, 0.3) is 10.9 Å². The van der Waals surface area contributed by atoms with Crippen molar-refractivity contribution < 1.29 is 13.9 Å². The smallest absolute Gasteiger partial charge is 0.232 e. The number of ether oxygens (including phenoxy) is 2. The largest absolute Gasteiger partial charge is 0.438 e. The lowest BCUT2D eigenvalue weighted by Gasteiger charge is -2.34. The highest BCUT2D eigenvalue weighted by atomic mass is 19.1. The van der Waals surface area contributed by atoms with Crippen LogP contribution in [0.1, 0.15) is 29.5 Å². The molecule has 2 saturated heterocycles. The van der Waals surface area contributed by atoms with Crippen molar-refractivity contribution in [3.8, 4) is 17.7 Å². The fourth-order valence-corrected chi connectivity index (χ4v) is 5.08. The fraction of sp³-hybridized carbons (Fsp3) is 0.464. The molecule has 0 saturated carbocycles. The maximum Gasteiger partial charge on any atom is 0.232 e. The second kappa shape index (κ2) is 11.4. The molecule has 2 aliphatic rings. The molecule has 37 heavy (non-hydrogen) atoms. The number of aromatic nitrogens is 2. The molecule has 0 amide bonds. The van der Waals surface area contributed by atoms with Gasteiger partial charge in [-0.2, -0.15) is 10.2 Å². The topological polar surface area (TPSA) is 86.5 Å².